The number of aliphatic hydroxyl groups is 1. The van der Waals surface area contributed by atoms with Crippen LogP contribution in [-0.2, 0) is 0 Å². The molecule has 1 saturated carbocycles. The van der Waals surface area contributed by atoms with Gasteiger partial charge in [-0.15, -0.1) is 0 Å². The molecule has 6 nitrogen and oxygen atoms in total. The fraction of sp³-hybridized carbons (Fsp3) is 0.500. The van der Waals surface area contributed by atoms with Crippen molar-refractivity contribution in [3.63, 3.8) is 0 Å². The van der Waals surface area contributed by atoms with Crippen molar-refractivity contribution >= 4 is 17.0 Å². The van der Waals surface area contributed by atoms with Gasteiger partial charge in [-0.05, 0) is 38.7 Å². The summed E-state index contributed by atoms with van der Waals surface area (Å²) in [4.78, 5) is 20.6. The van der Waals surface area contributed by atoms with Crippen molar-refractivity contribution in [1.82, 2.24) is 14.5 Å². The molecule has 0 radical (unpaired) electrons. The molecule has 0 spiro atoms. The van der Waals surface area contributed by atoms with Gasteiger partial charge in [-0.25, -0.2) is 4.98 Å². The second kappa shape index (κ2) is 4.28. The predicted octanol–water partition coefficient (Wildman–Crippen LogP) is 1.16. The van der Waals surface area contributed by atoms with Crippen LogP contribution in [-0.4, -0.2) is 25.2 Å². The number of rotatable bonds is 1. The van der Waals surface area contributed by atoms with Gasteiger partial charge < -0.3 is 10.8 Å². The summed E-state index contributed by atoms with van der Waals surface area (Å²) in [5, 5.41) is 11.3. The Labute approximate surface area is 116 Å². The Hall–Kier alpha value is -1.95. The molecule has 1 aliphatic rings. The van der Waals surface area contributed by atoms with Crippen molar-refractivity contribution in [2.24, 2.45) is 0 Å². The fourth-order valence-electron chi connectivity index (χ4n) is 3.12. The van der Waals surface area contributed by atoms with Gasteiger partial charge in [-0.1, -0.05) is 0 Å². The van der Waals surface area contributed by atoms with E-state index < -0.39 is 5.60 Å². The number of nitrogens with zero attached hydrogens (tertiary/aromatic N) is 3. The zero-order valence-corrected chi connectivity index (χ0v) is 11.6. The van der Waals surface area contributed by atoms with Crippen LogP contribution in [0.4, 0.5) is 5.95 Å². The smallest absolute Gasteiger partial charge is 0.252 e. The number of hydrogen-bond acceptors (Lipinski definition) is 5. The third-order valence-corrected chi connectivity index (χ3v) is 4.21. The maximum Gasteiger partial charge on any atom is 0.252 e. The highest BCUT2D eigenvalue weighted by molar-refractivity contribution is 5.78. The molecule has 3 rings (SSSR count). The Balaban J connectivity index is 2.35. The maximum absolute atomic E-state index is 12.4. The minimum absolute atomic E-state index is 0.133. The van der Waals surface area contributed by atoms with E-state index in [4.69, 9.17) is 5.73 Å². The lowest BCUT2D eigenvalue weighted by molar-refractivity contribution is 0.0266. The second-order valence-corrected chi connectivity index (χ2v) is 5.77. The molecule has 0 saturated heterocycles. The predicted molar refractivity (Wildman–Crippen MR) is 76.5 cm³/mol. The number of fused-ring (bicyclic) bond motifs is 1. The summed E-state index contributed by atoms with van der Waals surface area (Å²) in [6, 6.07) is 1.29. The van der Waals surface area contributed by atoms with Crippen molar-refractivity contribution in [3.05, 3.63) is 28.2 Å². The van der Waals surface area contributed by atoms with E-state index in [9.17, 15) is 9.90 Å². The summed E-state index contributed by atoms with van der Waals surface area (Å²) in [6.45, 7) is 3.62. The number of nitrogens with two attached hydrogens (primary N) is 1. The van der Waals surface area contributed by atoms with Gasteiger partial charge in [0.1, 0.15) is 5.65 Å². The number of hydrogen-bond donors (Lipinski definition) is 2. The molecular weight excluding hydrogens is 256 g/mol. The zero-order chi connectivity index (χ0) is 14.5. The Bertz CT molecular complexity index is 736. The average molecular weight is 274 g/mol. The average Bonchev–Trinajstić information content (AvgIpc) is 2.69. The standard InChI is InChI=1S/C14H18N4O2/c1-8-6-11(19)18(10-4-3-5-14(10,2)20)12-9(8)7-16-13(15)17-12/h6-7,10,20H,3-5H2,1-2H3,(H2,15,16,17)/t10-,14-/m1/s1. The van der Waals surface area contributed by atoms with Gasteiger partial charge in [-0.2, -0.15) is 4.98 Å². The lowest BCUT2D eigenvalue weighted by Gasteiger charge is -2.28. The van der Waals surface area contributed by atoms with E-state index in [1.165, 1.54) is 0 Å². The lowest BCUT2D eigenvalue weighted by atomic mass is 9.99. The molecule has 6 heteroatoms. The first-order valence-electron chi connectivity index (χ1n) is 6.77. The van der Waals surface area contributed by atoms with Gasteiger partial charge in [0.15, 0.2) is 0 Å². The normalized spacial score (nSPS) is 26.2. The second-order valence-electron chi connectivity index (χ2n) is 5.77. The van der Waals surface area contributed by atoms with Crippen LogP contribution in [0.2, 0.25) is 0 Å². The molecule has 0 aliphatic heterocycles. The molecule has 2 aromatic rings. The van der Waals surface area contributed by atoms with Crippen LogP contribution in [0.25, 0.3) is 11.0 Å². The third-order valence-electron chi connectivity index (χ3n) is 4.21. The summed E-state index contributed by atoms with van der Waals surface area (Å²) in [5.74, 6) is 0.133. The Morgan fingerprint density at radius 2 is 2.30 bits per heavy atom. The van der Waals surface area contributed by atoms with E-state index in [1.54, 1.807) is 23.8 Å². The number of pyridine rings is 1. The van der Waals surface area contributed by atoms with Crippen LogP contribution in [0.3, 0.4) is 0 Å². The zero-order valence-electron chi connectivity index (χ0n) is 11.6. The molecule has 2 atom stereocenters. The van der Waals surface area contributed by atoms with Crippen LogP contribution in [0.1, 0.15) is 37.8 Å². The monoisotopic (exact) mass is 274 g/mol. The Kier molecular flexibility index (Phi) is 2.79. The van der Waals surface area contributed by atoms with E-state index in [0.717, 1.165) is 23.8 Å². The van der Waals surface area contributed by atoms with E-state index in [-0.39, 0.29) is 17.5 Å². The molecule has 0 unspecified atom stereocenters. The van der Waals surface area contributed by atoms with Crippen molar-refractivity contribution in [2.45, 2.75) is 44.8 Å². The quantitative estimate of drug-likeness (QED) is 0.813. The Morgan fingerprint density at radius 3 is 2.95 bits per heavy atom. The summed E-state index contributed by atoms with van der Waals surface area (Å²) < 4.78 is 1.58. The number of nitrogen functional groups attached to an aromatic ring is 1. The van der Waals surface area contributed by atoms with Crippen LogP contribution >= 0.6 is 0 Å². The van der Waals surface area contributed by atoms with E-state index in [2.05, 4.69) is 9.97 Å². The van der Waals surface area contributed by atoms with Gasteiger partial charge in [0.2, 0.25) is 5.95 Å². The molecule has 0 amide bonds. The third kappa shape index (κ3) is 1.87. The molecule has 0 aromatic carbocycles. The summed E-state index contributed by atoms with van der Waals surface area (Å²) >= 11 is 0. The fourth-order valence-corrected chi connectivity index (χ4v) is 3.12. The van der Waals surface area contributed by atoms with E-state index in [0.29, 0.717) is 12.1 Å². The van der Waals surface area contributed by atoms with Crippen LogP contribution < -0.4 is 11.3 Å². The minimum Gasteiger partial charge on any atom is -0.388 e. The van der Waals surface area contributed by atoms with Crippen molar-refractivity contribution < 1.29 is 5.11 Å². The van der Waals surface area contributed by atoms with Crippen molar-refractivity contribution in [3.8, 4) is 0 Å². The number of aromatic nitrogens is 3. The molecule has 1 fully saturated rings. The highest BCUT2D eigenvalue weighted by Crippen LogP contribution is 2.39. The van der Waals surface area contributed by atoms with Crippen molar-refractivity contribution in [1.29, 1.82) is 0 Å². The minimum atomic E-state index is -0.897. The molecular formula is C14H18N4O2. The van der Waals surface area contributed by atoms with Crippen LogP contribution in [0, 0.1) is 6.92 Å². The molecule has 0 bridgehead atoms. The van der Waals surface area contributed by atoms with E-state index in [1.807, 2.05) is 6.92 Å². The molecule has 1 aliphatic carbocycles. The van der Waals surface area contributed by atoms with Gasteiger partial charge in [-0.3, -0.25) is 9.36 Å². The van der Waals surface area contributed by atoms with Crippen LogP contribution in [0.5, 0.6) is 0 Å². The number of aryl methyl sites for hydroxylation is 1. The highest BCUT2D eigenvalue weighted by atomic mass is 16.3. The molecule has 106 valence electrons. The van der Waals surface area contributed by atoms with Gasteiger partial charge in [0, 0.05) is 17.6 Å². The molecule has 20 heavy (non-hydrogen) atoms. The summed E-state index contributed by atoms with van der Waals surface area (Å²) in [6.07, 6.45) is 3.96. The molecule has 3 N–H and O–H groups in total. The largest absolute Gasteiger partial charge is 0.388 e. The topological polar surface area (TPSA) is 94.0 Å². The van der Waals surface area contributed by atoms with E-state index >= 15 is 0 Å². The summed E-state index contributed by atoms with van der Waals surface area (Å²) in [7, 11) is 0. The molecule has 2 heterocycles. The Morgan fingerprint density at radius 1 is 1.55 bits per heavy atom. The van der Waals surface area contributed by atoms with Gasteiger partial charge in [0.25, 0.3) is 5.56 Å². The highest BCUT2D eigenvalue weighted by Gasteiger charge is 2.39. The number of anilines is 1. The van der Waals surface area contributed by atoms with Gasteiger partial charge in [0.05, 0.1) is 11.6 Å². The lowest BCUT2D eigenvalue weighted by Crippen LogP contribution is -2.37. The van der Waals surface area contributed by atoms with Crippen LogP contribution in [0.15, 0.2) is 17.1 Å². The first-order chi connectivity index (χ1) is 9.40. The summed E-state index contributed by atoms with van der Waals surface area (Å²) in [5.41, 5.74) is 5.94. The van der Waals surface area contributed by atoms with Crippen molar-refractivity contribution in [2.75, 3.05) is 5.73 Å². The first kappa shape index (κ1) is 13.1. The van der Waals surface area contributed by atoms with Gasteiger partial charge >= 0.3 is 0 Å². The molecule has 2 aromatic heterocycles. The SMILES string of the molecule is Cc1cc(=O)n([C@@H]2CCC[C@@]2(C)O)c2nc(N)ncc12. The first-order valence-corrected chi connectivity index (χ1v) is 6.77. The maximum atomic E-state index is 12.4.